The lowest BCUT2D eigenvalue weighted by Crippen LogP contribution is -2.31. The summed E-state index contributed by atoms with van der Waals surface area (Å²) in [7, 11) is 0. The number of benzene rings is 1. The molecule has 1 aromatic heterocycles. The highest BCUT2D eigenvalue weighted by molar-refractivity contribution is 5.44. The van der Waals surface area contributed by atoms with Gasteiger partial charge in [-0.1, -0.05) is 23.8 Å². The van der Waals surface area contributed by atoms with E-state index in [1.807, 2.05) is 12.1 Å². The van der Waals surface area contributed by atoms with Crippen LogP contribution in [0.2, 0.25) is 0 Å². The number of rotatable bonds is 1. The first-order chi connectivity index (χ1) is 8.61. The third-order valence-electron chi connectivity index (χ3n) is 3.96. The largest absolute Gasteiger partial charge is 0.469 e. The molecule has 0 amide bonds. The molecule has 94 valence electrons. The minimum Gasteiger partial charge on any atom is -0.469 e. The summed E-state index contributed by atoms with van der Waals surface area (Å²) in [6.07, 6.45) is 4.34. The van der Waals surface area contributed by atoms with E-state index in [9.17, 15) is 5.11 Å². The second kappa shape index (κ2) is 3.99. The van der Waals surface area contributed by atoms with Crippen molar-refractivity contribution in [2.75, 3.05) is 0 Å². The fourth-order valence-corrected chi connectivity index (χ4v) is 3.10. The quantitative estimate of drug-likeness (QED) is 0.830. The highest BCUT2D eigenvalue weighted by Gasteiger charge is 2.38. The van der Waals surface area contributed by atoms with Gasteiger partial charge in [0.2, 0.25) is 0 Å². The first-order valence-electron chi connectivity index (χ1n) is 6.48. The normalized spacial score (nSPS) is 22.8. The minimum atomic E-state index is -0.877. The maximum Gasteiger partial charge on any atom is 0.118 e. The van der Waals surface area contributed by atoms with Gasteiger partial charge in [0.15, 0.2) is 0 Å². The van der Waals surface area contributed by atoms with Gasteiger partial charge in [0, 0.05) is 12.0 Å². The summed E-state index contributed by atoms with van der Waals surface area (Å²) in [4.78, 5) is 0. The van der Waals surface area contributed by atoms with E-state index in [4.69, 9.17) is 4.42 Å². The van der Waals surface area contributed by atoms with E-state index in [1.54, 1.807) is 6.26 Å². The number of hydrogen-bond acceptors (Lipinski definition) is 2. The SMILES string of the molecule is Cc1ccc(C2(O)CCCc3occc32)c(C)c1. The van der Waals surface area contributed by atoms with E-state index >= 15 is 0 Å². The molecule has 2 aromatic rings. The molecule has 0 spiro atoms. The average molecular weight is 242 g/mol. The van der Waals surface area contributed by atoms with E-state index in [0.29, 0.717) is 0 Å². The zero-order valence-electron chi connectivity index (χ0n) is 10.9. The number of aliphatic hydroxyl groups is 1. The summed E-state index contributed by atoms with van der Waals surface area (Å²) in [6.45, 7) is 4.14. The molecular formula is C16H18O2. The van der Waals surface area contributed by atoms with Gasteiger partial charge in [0.25, 0.3) is 0 Å². The monoisotopic (exact) mass is 242 g/mol. The Kier molecular flexibility index (Phi) is 2.56. The van der Waals surface area contributed by atoms with Crippen molar-refractivity contribution >= 4 is 0 Å². The summed E-state index contributed by atoms with van der Waals surface area (Å²) in [5.41, 5.74) is 3.45. The molecule has 2 heteroatoms. The molecule has 2 nitrogen and oxygen atoms in total. The Hall–Kier alpha value is -1.54. The third-order valence-corrected chi connectivity index (χ3v) is 3.96. The zero-order valence-corrected chi connectivity index (χ0v) is 10.9. The van der Waals surface area contributed by atoms with Crippen molar-refractivity contribution in [2.45, 2.75) is 38.7 Å². The maximum absolute atomic E-state index is 11.1. The predicted molar refractivity (Wildman–Crippen MR) is 70.6 cm³/mol. The van der Waals surface area contributed by atoms with Crippen molar-refractivity contribution in [2.24, 2.45) is 0 Å². The van der Waals surface area contributed by atoms with Gasteiger partial charge in [-0.2, -0.15) is 0 Å². The van der Waals surface area contributed by atoms with Crippen LogP contribution in [-0.4, -0.2) is 5.11 Å². The van der Waals surface area contributed by atoms with Crippen molar-refractivity contribution in [3.8, 4) is 0 Å². The van der Waals surface area contributed by atoms with Gasteiger partial charge in [-0.3, -0.25) is 0 Å². The second-order valence-electron chi connectivity index (χ2n) is 5.29. The molecule has 0 fully saturated rings. The molecule has 0 saturated heterocycles. The Labute approximate surface area is 107 Å². The lowest BCUT2D eigenvalue weighted by Gasteiger charge is -2.33. The van der Waals surface area contributed by atoms with Crippen LogP contribution in [-0.2, 0) is 12.0 Å². The minimum absolute atomic E-state index is 0.767. The molecule has 0 saturated carbocycles. The zero-order chi connectivity index (χ0) is 12.8. The molecule has 1 aromatic carbocycles. The molecule has 1 aliphatic carbocycles. The summed E-state index contributed by atoms with van der Waals surface area (Å²) >= 11 is 0. The van der Waals surface area contributed by atoms with Crippen LogP contribution in [0.15, 0.2) is 34.9 Å². The summed E-state index contributed by atoms with van der Waals surface area (Å²) in [5.74, 6) is 0.934. The maximum atomic E-state index is 11.1. The predicted octanol–water partition coefficient (Wildman–Crippen LogP) is 3.47. The van der Waals surface area contributed by atoms with Crippen molar-refractivity contribution in [3.05, 3.63) is 58.5 Å². The highest BCUT2D eigenvalue weighted by atomic mass is 16.3. The van der Waals surface area contributed by atoms with Crippen LogP contribution in [0, 0.1) is 13.8 Å². The van der Waals surface area contributed by atoms with Gasteiger partial charge in [-0.05, 0) is 43.9 Å². The number of aryl methyl sites for hydroxylation is 3. The molecule has 3 rings (SSSR count). The Morgan fingerprint density at radius 2 is 2.00 bits per heavy atom. The van der Waals surface area contributed by atoms with Crippen molar-refractivity contribution in [3.63, 3.8) is 0 Å². The van der Waals surface area contributed by atoms with Crippen molar-refractivity contribution < 1.29 is 9.52 Å². The number of fused-ring (bicyclic) bond motifs is 1. The number of hydrogen-bond donors (Lipinski definition) is 1. The highest BCUT2D eigenvalue weighted by Crippen LogP contribution is 2.42. The van der Waals surface area contributed by atoms with Crippen LogP contribution in [0.25, 0.3) is 0 Å². The van der Waals surface area contributed by atoms with Gasteiger partial charge in [-0.15, -0.1) is 0 Å². The molecular weight excluding hydrogens is 224 g/mol. The lowest BCUT2D eigenvalue weighted by molar-refractivity contribution is 0.0583. The van der Waals surface area contributed by atoms with Crippen LogP contribution < -0.4 is 0 Å². The fourth-order valence-electron chi connectivity index (χ4n) is 3.10. The van der Waals surface area contributed by atoms with Gasteiger partial charge >= 0.3 is 0 Å². The fraction of sp³-hybridized carbons (Fsp3) is 0.375. The van der Waals surface area contributed by atoms with Crippen LogP contribution in [0.5, 0.6) is 0 Å². The van der Waals surface area contributed by atoms with Crippen LogP contribution in [0.1, 0.15) is 40.9 Å². The van der Waals surface area contributed by atoms with E-state index in [2.05, 4.69) is 26.0 Å². The average Bonchev–Trinajstić information content (AvgIpc) is 2.78. The molecule has 1 unspecified atom stereocenters. The smallest absolute Gasteiger partial charge is 0.118 e. The summed E-state index contributed by atoms with van der Waals surface area (Å²) in [5, 5.41) is 11.1. The van der Waals surface area contributed by atoms with Crippen molar-refractivity contribution in [1.29, 1.82) is 0 Å². The van der Waals surface area contributed by atoms with E-state index in [-0.39, 0.29) is 0 Å². The Morgan fingerprint density at radius 1 is 1.17 bits per heavy atom. The Balaban J connectivity index is 2.17. The summed E-state index contributed by atoms with van der Waals surface area (Å²) < 4.78 is 5.48. The Morgan fingerprint density at radius 3 is 2.78 bits per heavy atom. The molecule has 1 heterocycles. The van der Waals surface area contributed by atoms with Gasteiger partial charge in [0.1, 0.15) is 11.4 Å². The van der Waals surface area contributed by atoms with Crippen LogP contribution in [0.3, 0.4) is 0 Å². The van der Waals surface area contributed by atoms with Gasteiger partial charge < -0.3 is 9.52 Å². The van der Waals surface area contributed by atoms with Crippen LogP contribution in [0.4, 0.5) is 0 Å². The molecule has 0 aliphatic heterocycles. The second-order valence-corrected chi connectivity index (χ2v) is 5.29. The van der Waals surface area contributed by atoms with Crippen molar-refractivity contribution in [1.82, 2.24) is 0 Å². The molecule has 0 radical (unpaired) electrons. The van der Waals surface area contributed by atoms with E-state index in [0.717, 1.165) is 41.7 Å². The van der Waals surface area contributed by atoms with E-state index in [1.165, 1.54) is 5.56 Å². The molecule has 18 heavy (non-hydrogen) atoms. The van der Waals surface area contributed by atoms with Crippen LogP contribution >= 0.6 is 0 Å². The topological polar surface area (TPSA) is 33.4 Å². The van der Waals surface area contributed by atoms with Gasteiger partial charge in [0.05, 0.1) is 6.26 Å². The Bertz CT molecular complexity index is 583. The molecule has 1 atom stereocenters. The first kappa shape index (κ1) is 11.5. The first-order valence-corrected chi connectivity index (χ1v) is 6.48. The molecule has 1 aliphatic rings. The molecule has 1 N–H and O–H groups in total. The molecule has 0 bridgehead atoms. The standard InChI is InChI=1S/C16H18O2/c1-11-5-6-13(12(2)10-11)16(17)8-3-4-15-14(16)7-9-18-15/h5-7,9-10,17H,3-4,8H2,1-2H3. The van der Waals surface area contributed by atoms with E-state index < -0.39 is 5.60 Å². The third kappa shape index (κ3) is 1.60. The number of furan rings is 1. The summed E-state index contributed by atoms with van der Waals surface area (Å²) in [6, 6.07) is 8.15. The van der Waals surface area contributed by atoms with Gasteiger partial charge in [-0.25, -0.2) is 0 Å². The lowest BCUT2D eigenvalue weighted by atomic mass is 9.76.